The third-order valence-corrected chi connectivity index (χ3v) is 4.84. The van der Waals surface area contributed by atoms with Gasteiger partial charge in [0.05, 0.1) is 9.70 Å². The SMILES string of the molecule is CCCC(C)(NC(=O)C(C)c1ccc(Br)s1)C(=O)O. The van der Waals surface area contributed by atoms with Crippen LogP contribution in [0.1, 0.15) is 44.4 Å². The summed E-state index contributed by atoms with van der Waals surface area (Å²) in [6.45, 7) is 5.22. The number of carbonyl (C=O) groups excluding carboxylic acids is 1. The van der Waals surface area contributed by atoms with Gasteiger partial charge in [0, 0.05) is 4.88 Å². The Kier molecular flexibility index (Phi) is 5.55. The van der Waals surface area contributed by atoms with E-state index in [1.54, 1.807) is 13.8 Å². The molecule has 1 amide bonds. The van der Waals surface area contributed by atoms with Gasteiger partial charge < -0.3 is 10.4 Å². The van der Waals surface area contributed by atoms with E-state index in [0.717, 1.165) is 8.66 Å². The minimum absolute atomic E-state index is 0.257. The summed E-state index contributed by atoms with van der Waals surface area (Å²) in [5, 5.41) is 11.9. The molecule has 0 saturated heterocycles. The van der Waals surface area contributed by atoms with Gasteiger partial charge in [-0.05, 0) is 48.3 Å². The first kappa shape index (κ1) is 16.2. The first-order valence-corrected chi connectivity index (χ1v) is 7.71. The molecule has 0 aliphatic rings. The molecule has 4 nitrogen and oxygen atoms in total. The summed E-state index contributed by atoms with van der Waals surface area (Å²) < 4.78 is 0.955. The highest BCUT2D eigenvalue weighted by atomic mass is 79.9. The lowest BCUT2D eigenvalue weighted by Gasteiger charge is -2.27. The van der Waals surface area contributed by atoms with Crippen molar-refractivity contribution in [2.75, 3.05) is 0 Å². The van der Waals surface area contributed by atoms with Crippen LogP contribution in [0.5, 0.6) is 0 Å². The van der Waals surface area contributed by atoms with E-state index in [1.807, 2.05) is 19.1 Å². The summed E-state index contributed by atoms with van der Waals surface area (Å²) in [4.78, 5) is 24.4. The highest BCUT2D eigenvalue weighted by Crippen LogP contribution is 2.29. The summed E-state index contributed by atoms with van der Waals surface area (Å²) in [5.41, 5.74) is -1.20. The van der Waals surface area contributed by atoms with Crippen LogP contribution in [0, 0.1) is 0 Å². The van der Waals surface area contributed by atoms with Crippen molar-refractivity contribution in [3.63, 3.8) is 0 Å². The number of amides is 1. The quantitative estimate of drug-likeness (QED) is 0.828. The van der Waals surface area contributed by atoms with E-state index in [-0.39, 0.29) is 11.8 Å². The zero-order valence-electron chi connectivity index (χ0n) is 11.2. The molecule has 0 aliphatic carbocycles. The van der Waals surface area contributed by atoms with Crippen LogP contribution in [0.25, 0.3) is 0 Å². The van der Waals surface area contributed by atoms with E-state index in [0.29, 0.717) is 12.8 Å². The molecule has 0 aromatic carbocycles. The summed E-state index contributed by atoms with van der Waals surface area (Å²) in [6.07, 6.45) is 1.11. The lowest BCUT2D eigenvalue weighted by molar-refractivity contribution is -0.147. The third-order valence-electron chi connectivity index (χ3n) is 3.04. The second-order valence-corrected chi connectivity index (χ2v) is 7.23. The topological polar surface area (TPSA) is 66.4 Å². The maximum Gasteiger partial charge on any atom is 0.329 e. The number of carbonyl (C=O) groups is 2. The van der Waals surface area contributed by atoms with Crippen LogP contribution in [0.4, 0.5) is 0 Å². The molecule has 1 aromatic rings. The Balaban J connectivity index is 2.80. The summed E-state index contributed by atoms with van der Waals surface area (Å²) in [5.74, 6) is -1.61. The first-order valence-electron chi connectivity index (χ1n) is 6.11. The Hall–Kier alpha value is -0.880. The van der Waals surface area contributed by atoms with Crippen molar-refractivity contribution in [3.8, 4) is 0 Å². The van der Waals surface area contributed by atoms with E-state index in [4.69, 9.17) is 0 Å². The Morgan fingerprint density at radius 3 is 2.58 bits per heavy atom. The molecule has 0 spiro atoms. The first-order chi connectivity index (χ1) is 8.80. The molecule has 2 unspecified atom stereocenters. The second-order valence-electron chi connectivity index (χ2n) is 4.74. The molecule has 6 heteroatoms. The maximum absolute atomic E-state index is 12.2. The van der Waals surface area contributed by atoms with Crippen molar-refractivity contribution in [2.45, 2.75) is 45.1 Å². The Morgan fingerprint density at radius 2 is 2.16 bits per heavy atom. The average molecular weight is 348 g/mol. The van der Waals surface area contributed by atoms with Gasteiger partial charge in [0.2, 0.25) is 5.91 Å². The van der Waals surface area contributed by atoms with Crippen molar-refractivity contribution in [3.05, 3.63) is 20.8 Å². The highest BCUT2D eigenvalue weighted by Gasteiger charge is 2.35. The lowest BCUT2D eigenvalue weighted by Crippen LogP contribution is -2.53. The number of aliphatic carboxylic acids is 1. The predicted molar refractivity (Wildman–Crippen MR) is 79.5 cm³/mol. The number of thiophene rings is 1. The molecule has 2 N–H and O–H groups in total. The molecule has 0 radical (unpaired) electrons. The van der Waals surface area contributed by atoms with Gasteiger partial charge >= 0.3 is 5.97 Å². The van der Waals surface area contributed by atoms with Crippen molar-refractivity contribution in [2.24, 2.45) is 0 Å². The molecule has 0 fully saturated rings. The van der Waals surface area contributed by atoms with E-state index in [2.05, 4.69) is 21.2 Å². The molecule has 0 bridgehead atoms. The minimum Gasteiger partial charge on any atom is -0.480 e. The summed E-state index contributed by atoms with van der Waals surface area (Å²) in [6, 6.07) is 3.75. The van der Waals surface area contributed by atoms with E-state index < -0.39 is 11.5 Å². The van der Waals surface area contributed by atoms with Gasteiger partial charge in [-0.2, -0.15) is 0 Å². The zero-order valence-corrected chi connectivity index (χ0v) is 13.6. The molecule has 19 heavy (non-hydrogen) atoms. The number of hydrogen-bond donors (Lipinski definition) is 2. The van der Waals surface area contributed by atoms with Gasteiger partial charge in [-0.15, -0.1) is 11.3 Å². The fourth-order valence-corrected chi connectivity index (χ4v) is 3.27. The summed E-state index contributed by atoms with van der Waals surface area (Å²) in [7, 11) is 0. The van der Waals surface area contributed by atoms with Crippen LogP contribution in [-0.2, 0) is 9.59 Å². The summed E-state index contributed by atoms with van der Waals surface area (Å²) >= 11 is 4.83. The normalized spacial score (nSPS) is 15.6. The number of halogens is 1. The molecule has 106 valence electrons. The van der Waals surface area contributed by atoms with Crippen LogP contribution in [0.3, 0.4) is 0 Å². The number of rotatable bonds is 6. The highest BCUT2D eigenvalue weighted by molar-refractivity contribution is 9.11. The largest absolute Gasteiger partial charge is 0.480 e. The molecular formula is C13H18BrNO3S. The minimum atomic E-state index is -1.20. The molecule has 0 saturated carbocycles. The number of hydrogen-bond acceptors (Lipinski definition) is 3. The monoisotopic (exact) mass is 347 g/mol. The Morgan fingerprint density at radius 1 is 1.53 bits per heavy atom. The van der Waals surface area contributed by atoms with Crippen LogP contribution < -0.4 is 5.32 Å². The van der Waals surface area contributed by atoms with Crippen LogP contribution in [0.15, 0.2) is 15.9 Å². The number of nitrogens with one attached hydrogen (secondary N) is 1. The molecule has 1 rings (SSSR count). The zero-order chi connectivity index (χ0) is 14.6. The Bertz CT molecular complexity index is 474. The molecule has 0 aliphatic heterocycles. The van der Waals surface area contributed by atoms with Gasteiger partial charge in [0.1, 0.15) is 5.54 Å². The molecule has 1 aromatic heterocycles. The van der Waals surface area contributed by atoms with Gasteiger partial charge in [-0.3, -0.25) is 4.79 Å². The van der Waals surface area contributed by atoms with Crippen molar-refractivity contribution < 1.29 is 14.7 Å². The van der Waals surface area contributed by atoms with Crippen LogP contribution in [0.2, 0.25) is 0 Å². The van der Waals surface area contributed by atoms with Crippen molar-refractivity contribution >= 4 is 39.1 Å². The van der Waals surface area contributed by atoms with E-state index >= 15 is 0 Å². The van der Waals surface area contributed by atoms with Crippen molar-refractivity contribution in [1.29, 1.82) is 0 Å². The Labute approximate surface area is 125 Å². The smallest absolute Gasteiger partial charge is 0.329 e. The lowest BCUT2D eigenvalue weighted by atomic mass is 9.95. The fraction of sp³-hybridized carbons (Fsp3) is 0.538. The maximum atomic E-state index is 12.2. The standard InChI is InChI=1S/C13H18BrNO3S/c1-4-7-13(3,12(17)18)15-11(16)8(2)9-5-6-10(14)19-9/h5-6,8H,4,7H2,1-3H3,(H,15,16)(H,17,18). The predicted octanol–water partition coefficient (Wildman–Crippen LogP) is 3.37. The number of carboxylic acids is 1. The third kappa shape index (κ3) is 4.04. The molecule has 1 heterocycles. The average Bonchev–Trinajstić information content (AvgIpc) is 2.74. The van der Waals surface area contributed by atoms with Crippen LogP contribution >= 0.6 is 27.3 Å². The molecular weight excluding hydrogens is 330 g/mol. The van der Waals surface area contributed by atoms with E-state index in [9.17, 15) is 14.7 Å². The molecule has 2 atom stereocenters. The second kappa shape index (κ2) is 6.52. The van der Waals surface area contributed by atoms with Gasteiger partial charge in [0.25, 0.3) is 0 Å². The number of carboxylic acid groups (broad SMARTS) is 1. The van der Waals surface area contributed by atoms with Gasteiger partial charge in [-0.25, -0.2) is 4.79 Å². The fourth-order valence-electron chi connectivity index (χ4n) is 1.79. The van der Waals surface area contributed by atoms with Gasteiger partial charge in [0.15, 0.2) is 0 Å². The van der Waals surface area contributed by atoms with Crippen molar-refractivity contribution in [1.82, 2.24) is 5.32 Å². The van der Waals surface area contributed by atoms with E-state index in [1.165, 1.54) is 11.3 Å². The van der Waals surface area contributed by atoms with Crippen LogP contribution in [-0.4, -0.2) is 22.5 Å². The van der Waals surface area contributed by atoms with Gasteiger partial charge in [-0.1, -0.05) is 13.3 Å².